The molecule has 0 N–H and O–H groups in total. The fraction of sp³-hybridized carbons (Fsp3) is 0.647. The van der Waals surface area contributed by atoms with Crippen LogP contribution in [0, 0.1) is 6.92 Å². The van der Waals surface area contributed by atoms with E-state index in [9.17, 15) is 13.2 Å². The summed E-state index contributed by atoms with van der Waals surface area (Å²) in [7, 11) is 0. The fourth-order valence-electron chi connectivity index (χ4n) is 2.21. The topological polar surface area (TPSA) is 9.23 Å². The quantitative estimate of drug-likeness (QED) is 0.477. The number of hydrogen-bond donors (Lipinski definition) is 0. The Balaban J connectivity index is 1.90. The highest BCUT2D eigenvalue weighted by Gasteiger charge is 2.25. The summed E-state index contributed by atoms with van der Waals surface area (Å²) >= 11 is 0. The van der Waals surface area contributed by atoms with Gasteiger partial charge >= 0.3 is 6.18 Å². The standard InChI is InChI=1S/C17H25F3O/c1-15-11-7-8-12-16(15)21-14-10-6-4-2-3-5-9-13-17(18,19)20/h7-8,11-12H,2-6,9-10,13-14H2,1H3. The van der Waals surface area contributed by atoms with Gasteiger partial charge in [-0.1, -0.05) is 50.3 Å². The highest BCUT2D eigenvalue weighted by Crippen LogP contribution is 2.23. The molecule has 0 aliphatic rings. The summed E-state index contributed by atoms with van der Waals surface area (Å²) < 4.78 is 41.5. The zero-order valence-electron chi connectivity index (χ0n) is 12.7. The molecule has 0 aliphatic carbocycles. The molecule has 0 saturated heterocycles. The molecule has 1 aromatic rings. The van der Waals surface area contributed by atoms with Crippen molar-refractivity contribution in [1.82, 2.24) is 0 Å². The van der Waals surface area contributed by atoms with Crippen LogP contribution >= 0.6 is 0 Å². The lowest BCUT2D eigenvalue weighted by Gasteiger charge is -2.08. The van der Waals surface area contributed by atoms with E-state index < -0.39 is 12.6 Å². The molecule has 0 amide bonds. The first-order chi connectivity index (χ1) is 9.99. The first-order valence-corrected chi connectivity index (χ1v) is 7.74. The summed E-state index contributed by atoms with van der Waals surface area (Å²) in [6.07, 6.45) is 1.37. The van der Waals surface area contributed by atoms with Gasteiger partial charge in [0.2, 0.25) is 0 Å². The van der Waals surface area contributed by atoms with E-state index in [1.165, 1.54) is 0 Å². The molecule has 0 atom stereocenters. The summed E-state index contributed by atoms with van der Waals surface area (Å²) in [5.41, 5.74) is 1.14. The fourth-order valence-corrected chi connectivity index (χ4v) is 2.21. The van der Waals surface area contributed by atoms with E-state index in [0.29, 0.717) is 13.0 Å². The highest BCUT2D eigenvalue weighted by molar-refractivity contribution is 5.31. The Morgan fingerprint density at radius 1 is 0.857 bits per heavy atom. The van der Waals surface area contributed by atoms with Crippen LogP contribution in [0.15, 0.2) is 24.3 Å². The van der Waals surface area contributed by atoms with Crippen molar-refractivity contribution in [3.63, 3.8) is 0 Å². The number of aryl methyl sites for hydroxylation is 1. The molecular formula is C17H25F3O. The van der Waals surface area contributed by atoms with Crippen molar-refractivity contribution < 1.29 is 17.9 Å². The Kier molecular flexibility index (Phi) is 8.24. The average molecular weight is 302 g/mol. The maximum Gasteiger partial charge on any atom is 0.389 e. The van der Waals surface area contributed by atoms with Crippen molar-refractivity contribution in [1.29, 1.82) is 0 Å². The van der Waals surface area contributed by atoms with Gasteiger partial charge in [0.1, 0.15) is 5.75 Å². The van der Waals surface area contributed by atoms with E-state index in [0.717, 1.165) is 43.4 Å². The molecule has 120 valence electrons. The second kappa shape index (κ2) is 9.69. The lowest BCUT2D eigenvalue weighted by atomic mass is 10.1. The molecule has 1 nitrogen and oxygen atoms in total. The van der Waals surface area contributed by atoms with Crippen LogP contribution in [-0.2, 0) is 0 Å². The molecule has 0 radical (unpaired) electrons. The molecule has 4 heteroatoms. The van der Waals surface area contributed by atoms with Crippen LogP contribution in [0.3, 0.4) is 0 Å². The number of rotatable bonds is 10. The van der Waals surface area contributed by atoms with E-state index in [4.69, 9.17) is 4.74 Å². The Bertz CT molecular complexity index is 388. The van der Waals surface area contributed by atoms with Gasteiger partial charge in [-0.3, -0.25) is 0 Å². The van der Waals surface area contributed by atoms with Gasteiger partial charge in [0.15, 0.2) is 0 Å². The van der Waals surface area contributed by atoms with Crippen molar-refractivity contribution >= 4 is 0 Å². The Morgan fingerprint density at radius 3 is 2.05 bits per heavy atom. The monoisotopic (exact) mass is 302 g/mol. The molecule has 0 aromatic heterocycles. The van der Waals surface area contributed by atoms with Crippen molar-refractivity contribution in [3.8, 4) is 5.75 Å². The van der Waals surface area contributed by atoms with Gasteiger partial charge < -0.3 is 4.74 Å². The third-order valence-corrected chi connectivity index (χ3v) is 3.46. The molecule has 0 spiro atoms. The van der Waals surface area contributed by atoms with E-state index >= 15 is 0 Å². The van der Waals surface area contributed by atoms with Crippen LogP contribution in [0.4, 0.5) is 13.2 Å². The van der Waals surface area contributed by atoms with Crippen LogP contribution in [0.2, 0.25) is 0 Å². The smallest absolute Gasteiger partial charge is 0.389 e. The molecule has 0 saturated carbocycles. The zero-order valence-corrected chi connectivity index (χ0v) is 12.7. The van der Waals surface area contributed by atoms with Crippen LogP contribution in [0.25, 0.3) is 0 Å². The molecule has 0 bridgehead atoms. The van der Waals surface area contributed by atoms with Crippen LogP contribution in [0.1, 0.15) is 56.9 Å². The lowest BCUT2D eigenvalue weighted by Crippen LogP contribution is -2.06. The second-order valence-corrected chi connectivity index (χ2v) is 5.45. The molecular weight excluding hydrogens is 277 g/mol. The largest absolute Gasteiger partial charge is 0.493 e. The van der Waals surface area contributed by atoms with Crippen LogP contribution in [0.5, 0.6) is 5.75 Å². The number of halogens is 3. The minimum absolute atomic E-state index is 0.264. The van der Waals surface area contributed by atoms with Gasteiger partial charge in [-0.2, -0.15) is 13.2 Å². The molecule has 0 heterocycles. The maximum absolute atomic E-state index is 11.9. The SMILES string of the molecule is Cc1ccccc1OCCCCCCCCCC(F)(F)F. The summed E-state index contributed by atoms with van der Waals surface area (Å²) in [5, 5.41) is 0. The Labute approximate surface area is 125 Å². The average Bonchev–Trinajstić information content (AvgIpc) is 2.41. The number of ether oxygens (including phenoxy) is 1. The first kappa shape index (κ1) is 17.9. The predicted molar refractivity (Wildman–Crippen MR) is 79.7 cm³/mol. The van der Waals surface area contributed by atoms with Gasteiger partial charge in [0.25, 0.3) is 0 Å². The van der Waals surface area contributed by atoms with Gasteiger partial charge in [-0.15, -0.1) is 0 Å². The second-order valence-electron chi connectivity index (χ2n) is 5.45. The first-order valence-electron chi connectivity index (χ1n) is 7.74. The zero-order chi connectivity index (χ0) is 15.6. The summed E-state index contributed by atoms with van der Waals surface area (Å²) in [5.74, 6) is 0.935. The van der Waals surface area contributed by atoms with Crippen molar-refractivity contribution in [2.24, 2.45) is 0 Å². The van der Waals surface area contributed by atoms with Crippen molar-refractivity contribution in [2.75, 3.05) is 6.61 Å². The normalized spacial score (nSPS) is 11.6. The predicted octanol–water partition coefficient (Wildman–Crippen LogP) is 6.06. The summed E-state index contributed by atoms with van der Waals surface area (Å²) in [4.78, 5) is 0. The van der Waals surface area contributed by atoms with Gasteiger partial charge in [0, 0.05) is 6.42 Å². The lowest BCUT2D eigenvalue weighted by molar-refractivity contribution is -0.135. The molecule has 1 rings (SSSR count). The number of alkyl halides is 3. The molecule has 0 fully saturated rings. The number of unbranched alkanes of at least 4 members (excludes halogenated alkanes) is 6. The minimum Gasteiger partial charge on any atom is -0.493 e. The number of para-hydroxylation sites is 1. The maximum atomic E-state index is 11.9. The van der Waals surface area contributed by atoms with E-state index in [1.807, 2.05) is 31.2 Å². The molecule has 21 heavy (non-hydrogen) atoms. The highest BCUT2D eigenvalue weighted by atomic mass is 19.4. The van der Waals surface area contributed by atoms with Gasteiger partial charge in [-0.25, -0.2) is 0 Å². The van der Waals surface area contributed by atoms with E-state index in [2.05, 4.69) is 0 Å². The van der Waals surface area contributed by atoms with E-state index in [1.54, 1.807) is 0 Å². The van der Waals surface area contributed by atoms with Gasteiger partial charge in [0.05, 0.1) is 6.61 Å². The van der Waals surface area contributed by atoms with Gasteiger partial charge in [-0.05, 0) is 31.4 Å². The van der Waals surface area contributed by atoms with Crippen LogP contribution in [-0.4, -0.2) is 12.8 Å². The Hall–Kier alpha value is -1.19. The molecule has 0 aliphatic heterocycles. The molecule has 1 aromatic carbocycles. The van der Waals surface area contributed by atoms with Crippen molar-refractivity contribution in [2.45, 2.75) is 64.5 Å². The summed E-state index contributed by atoms with van der Waals surface area (Å²) in [6.45, 7) is 2.73. The number of benzene rings is 1. The van der Waals surface area contributed by atoms with E-state index in [-0.39, 0.29) is 6.42 Å². The number of hydrogen-bond acceptors (Lipinski definition) is 1. The van der Waals surface area contributed by atoms with Crippen LogP contribution < -0.4 is 4.74 Å². The molecule has 0 unspecified atom stereocenters. The van der Waals surface area contributed by atoms with Crippen molar-refractivity contribution in [3.05, 3.63) is 29.8 Å². The third-order valence-electron chi connectivity index (χ3n) is 3.46. The third kappa shape index (κ3) is 9.38. The summed E-state index contributed by atoms with van der Waals surface area (Å²) in [6, 6.07) is 7.94. The Morgan fingerprint density at radius 2 is 1.43 bits per heavy atom. The minimum atomic E-state index is -3.99.